The molecule has 13 heavy (non-hydrogen) atoms. The van der Waals surface area contributed by atoms with E-state index in [-0.39, 0.29) is 0 Å². The minimum atomic E-state index is 0.609. The molecule has 0 amide bonds. The molecule has 1 rings (SSSR count). The van der Waals surface area contributed by atoms with Crippen LogP contribution >= 0.6 is 0 Å². The van der Waals surface area contributed by atoms with Gasteiger partial charge in [-0.05, 0) is 6.42 Å². The Morgan fingerprint density at radius 1 is 1.69 bits per heavy atom. The molecule has 1 heterocycles. The zero-order valence-electron chi connectivity index (χ0n) is 8.17. The smallest absolute Gasteiger partial charge is 0.0666 e. The number of rotatable bonds is 4. The van der Waals surface area contributed by atoms with Gasteiger partial charge in [-0.1, -0.05) is 12.8 Å². The fourth-order valence-corrected chi connectivity index (χ4v) is 1.30. The van der Waals surface area contributed by atoms with Crippen molar-refractivity contribution in [2.45, 2.75) is 19.9 Å². The van der Waals surface area contributed by atoms with Crippen LogP contribution < -0.4 is 5.32 Å². The SMILES string of the molecule is C#CCNCc1cn(C)nc1CC. The minimum absolute atomic E-state index is 0.609. The van der Waals surface area contributed by atoms with Gasteiger partial charge in [0.25, 0.3) is 0 Å². The Labute approximate surface area is 79.1 Å². The Balaban J connectivity index is 2.59. The van der Waals surface area contributed by atoms with E-state index in [1.54, 1.807) is 0 Å². The molecule has 0 radical (unpaired) electrons. The van der Waals surface area contributed by atoms with E-state index < -0.39 is 0 Å². The highest BCUT2D eigenvalue weighted by Gasteiger charge is 2.03. The maximum absolute atomic E-state index is 5.14. The fraction of sp³-hybridized carbons (Fsp3) is 0.500. The van der Waals surface area contributed by atoms with Crippen molar-refractivity contribution >= 4 is 0 Å². The molecule has 1 aromatic heterocycles. The van der Waals surface area contributed by atoms with Gasteiger partial charge in [-0.2, -0.15) is 5.10 Å². The molecule has 0 unspecified atom stereocenters. The van der Waals surface area contributed by atoms with Crippen molar-refractivity contribution in [2.75, 3.05) is 6.54 Å². The molecule has 0 aliphatic heterocycles. The molecule has 0 aliphatic carbocycles. The number of nitrogens with one attached hydrogen (secondary N) is 1. The lowest BCUT2D eigenvalue weighted by Gasteiger charge is -1.98. The molecule has 0 spiro atoms. The predicted molar refractivity (Wildman–Crippen MR) is 53.1 cm³/mol. The zero-order valence-corrected chi connectivity index (χ0v) is 8.17. The van der Waals surface area contributed by atoms with Crippen LogP contribution in [0.15, 0.2) is 6.20 Å². The van der Waals surface area contributed by atoms with Crippen molar-refractivity contribution in [3.63, 3.8) is 0 Å². The van der Waals surface area contributed by atoms with Crippen molar-refractivity contribution in [3.05, 3.63) is 17.5 Å². The lowest BCUT2D eigenvalue weighted by Crippen LogP contribution is -2.13. The average molecular weight is 177 g/mol. The van der Waals surface area contributed by atoms with Crippen LogP contribution in [-0.2, 0) is 20.0 Å². The van der Waals surface area contributed by atoms with Crippen LogP contribution in [0.2, 0.25) is 0 Å². The van der Waals surface area contributed by atoms with E-state index in [1.807, 2.05) is 17.9 Å². The molecule has 1 aromatic rings. The fourth-order valence-electron chi connectivity index (χ4n) is 1.30. The Bertz CT molecular complexity index is 306. The lowest BCUT2D eigenvalue weighted by atomic mass is 10.2. The average Bonchev–Trinajstić information content (AvgIpc) is 2.47. The molecule has 1 N–H and O–H groups in total. The summed E-state index contributed by atoms with van der Waals surface area (Å²) in [6, 6.07) is 0. The molecular formula is C10H15N3. The van der Waals surface area contributed by atoms with Gasteiger partial charge in [0.15, 0.2) is 0 Å². The third-order valence-corrected chi connectivity index (χ3v) is 1.87. The molecule has 0 atom stereocenters. The Morgan fingerprint density at radius 3 is 3.08 bits per heavy atom. The van der Waals surface area contributed by atoms with Crippen LogP contribution in [-0.4, -0.2) is 16.3 Å². The molecule has 0 saturated heterocycles. The van der Waals surface area contributed by atoms with Crippen LogP contribution in [0.3, 0.4) is 0 Å². The summed E-state index contributed by atoms with van der Waals surface area (Å²) in [5, 5.41) is 7.48. The van der Waals surface area contributed by atoms with Crippen LogP contribution in [0.5, 0.6) is 0 Å². The molecule has 0 fully saturated rings. The number of terminal acetylenes is 1. The number of hydrogen-bond donors (Lipinski definition) is 1. The zero-order chi connectivity index (χ0) is 9.68. The summed E-state index contributed by atoms with van der Waals surface area (Å²) in [6.45, 7) is 3.52. The number of aryl methyl sites for hydroxylation is 2. The van der Waals surface area contributed by atoms with Gasteiger partial charge >= 0.3 is 0 Å². The molecule has 0 aromatic carbocycles. The monoisotopic (exact) mass is 177 g/mol. The summed E-state index contributed by atoms with van der Waals surface area (Å²) in [5.74, 6) is 2.54. The highest BCUT2D eigenvalue weighted by Crippen LogP contribution is 2.05. The first-order chi connectivity index (χ1) is 6.27. The second-order valence-electron chi connectivity index (χ2n) is 2.94. The van der Waals surface area contributed by atoms with E-state index in [9.17, 15) is 0 Å². The molecule has 3 heteroatoms. The van der Waals surface area contributed by atoms with Gasteiger partial charge in [0.2, 0.25) is 0 Å². The maximum atomic E-state index is 5.14. The summed E-state index contributed by atoms with van der Waals surface area (Å²) < 4.78 is 1.84. The van der Waals surface area contributed by atoms with Crippen molar-refractivity contribution in [1.29, 1.82) is 0 Å². The summed E-state index contributed by atoms with van der Waals surface area (Å²) in [4.78, 5) is 0. The normalized spacial score (nSPS) is 9.92. The number of aromatic nitrogens is 2. The second kappa shape index (κ2) is 4.68. The van der Waals surface area contributed by atoms with Gasteiger partial charge in [0.1, 0.15) is 0 Å². The molecule has 0 bridgehead atoms. The summed E-state index contributed by atoms with van der Waals surface area (Å²) in [5.41, 5.74) is 2.38. The standard InChI is InChI=1S/C10H15N3/c1-4-6-11-7-9-8-13(3)12-10(9)5-2/h1,8,11H,5-7H2,2-3H3. The van der Waals surface area contributed by atoms with Crippen molar-refractivity contribution in [3.8, 4) is 12.3 Å². The Hall–Kier alpha value is -1.27. The third kappa shape index (κ3) is 2.60. The van der Waals surface area contributed by atoms with Crippen LogP contribution in [0.1, 0.15) is 18.2 Å². The number of hydrogen-bond acceptors (Lipinski definition) is 2. The Kier molecular flexibility index (Phi) is 3.53. The summed E-state index contributed by atoms with van der Waals surface area (Å²) in [6.07, 6.45) is 8.13. The van der Waals surface area contributed by atoms with Gasteiger partial charge in [0.05, 0.1) is 12.2 Å². The molecule has 0 saturated carbocycles. The number of nitrogens with zero attached hydrogens (tertiary/aromatic N) is 2. The molecule has 0 aliphatic rings. The Morgan fingerprint density at radius 2 is 2.46 bits per heavy atom. The van der Waals surface area contributed by atoms with Gasteiger partial charge in [-0.25, -0.2) is 0 Å². The van der Waals surface area contributed by atoms with Gasteiger partial charge in [-0.15, -0.1) is 6.42 Å². The lowest BCUT2D eigenvalue weighted by molar-refractivity contribution is 0.746. The second-order valence-corrected chi connectivity index (χ2v) is 2.94. The quantitative estimate of drug-likeness (QED) is 0.542. The van der Waals surface area contributed by atoms with E-state index in [4.69, 9.17) is 6.42 Å². The van der Waals surface area contributed by atoms with Crippen molar-refractivity contribution in [2.24, 2.45) is 7.05 Å². The van der Waals surface area contributed by atoms with E-state index in [2.05, 4.69) is 23.3 Å². The first kappa shape index (κ1) is 9.82. The van der Waals surface area contributed by atoms with Crippen LogP contribution in [0.4, 0.5) is 0 Å². The van der Waals surface area contributed by atoms with E-state index in [1.165, 1.54) is 5.56 Å². The predicted octanol–water partition coefficient (Wildman–Crippen LogP) is 0.705. The first-order valence-corrected chi connectivity index (χ1v) is 4.43. The first-order valence-electron chi connectivity index (χ1n) is 4.43. The highest BCUT2D eigenvalue weighted by molar-refractivity contribution is 5.16. The summed E-state index contributed by atoms with van der Waals surface area (Å²) in [7, 11) is 1.93. The van der Waals surface area contributed by atoms with Gasteiger partial charge in [-0.3, -0.25) is 4.68 Å². The molecule has 3 nitrogen and oxygen atoms in total. The van der Waals surface area contributed by atoms with E-state index in [0.29, 0.717) is 6.54 Å². The molecular weight excluding hydrogens is 162 g/mol. The van der Waals surface area contributed by atoms with Crippen LogP contribution in [0.25, 0.3) is 0 Å². The van der Waals surface area contributed by atoms with Crippen molar-refractivity contribution in [1.82, 2.24) is 15.1 Å². The summed E-state index contributed by atoms with van der Waals surface area (Å²) >= 11 is 0. The van der Waals surface area contributed by atoms with Crippen LogP contribution in [0, 0.1) is 12.3 Å². The largest absolute Gasteiger partial charge is 0.302 e. The third-order valence-electron chi connectivity index (χ3n) is 1.87. The van der Waals surface area contributed by atoms with E-state index in [0.717, 1.165) is 18.7 Å². The highest BCUT2D eigenvalue weighted by atomic mass is 15.3. The van der Waals surface area contributed by atoms with Crippen molar-refractivity contribution < 1.29 is 0 Å². The molecule has 70 valence electrons. The van der Waals surface area contributed by atoms with E-state index >= 15 is 0 Å². The van der Waals surface area contributed by atoms with Gasteiger partial charge in [0, 0.05) is 25.4 Å². The minimum Gasteiger partial charge on any atom is -0.302 e. The van der Waals surface area contributed by atoms with Gasteiger partial charge < -0.3 is 5.32 Å². The maximum Gasteiger partial charge on any atom is 0.0666 e. The topological polar surface area (TPSA) is 29.9 Å².